The van der Waals surface area contributed by atoms with Crippen LogP contribution < -0.4 is 0 Å². The van der Waals surface area contributed by atoms with E-state index < -0.39 is 5.97 Å². The van der Waals surface area contributed by atoms with Gasteiger partial charge in [-0.1, -0.05) is 34.1 Å². The van der Waals surface area contributed by atoms with Gasteiger partial charge in [0, 0.05) is 15.6 Å². The molecule has 4 nitrogen and oxygen atoms in total. The van der Waals surface area contributed by atoms with E-state index in [1.807, 2.05) is 30.3 Å². The first-order valence-corrected chi connectivity index (χ1v) is 7.89. The van der Waals surface area contributed by atoms with Crippen LogP contribution in [0.25, 0.3) is 6.08 Å². The van der Waals surface area contributed by atoms with E-state index >= 15 is 0 Å². The van der Waals surface area contributed by atoms with Gasteiger partial charge in [-0.15, -0.1) is 0 Å². The number of benzene rings is 2. The lowest BCUT2D eigenvalue weighted by atomic mass is 10.1. The van der Waals surface area contributed by atoms with Crippen molar-refractivity contribution in [2.24, 2.45) is 4.99 Å². The van der Waals surface area contributed by atoms with Crippen molar-refractivity contribution in [3.8, 4) is 5.75 Å². The first-order valence-electron chi connectivity index (χ1n) is 6.30. The molecule has 0 saturated heterocycles. The Kier molecular flexibility index (Phi) is 4.13. The van der Waals surface area contributed by atoms with Crippen molar-refractivity contribution >= 4 is 49.8 Å². The Morgan fingerprint density at radius 1 is 1.14 bits per heavy atom. The van der Waals surface area contributed by atoms with Crippen molar-refractivity contribution < 1.29 is 14.6 Å². The standard InChI is InChI=1S/C16H9Br2NO3/c17-11-6-10(14(20)12(18)8-11)7-13-16(21)22-15(19-13)9-4-2-1-3-5-9/h1-8,20H/b13-7+. The zero-order valence-electron chi connectivity index (χ0n) is 11.1. The van der Waals surface area contributed by atoms with Gasteiger partial charge in [-0.3, -0.25) is 0 Å². The highest BCUT2D eigenvalue weighted by molar-refractivity contribution is 9.11. The van der Waals surface area contributed by atoms with Crippen molar-refractivity contribution in [2.45, 2.75) is 0 Å². The van der Waals surface area contributed by atoms with Gasteiger partial charge in [-0.05, 0) is 46.3 Å². The predicted octanol–water partition coefficient (Wildman–Crippen LogP) is 4.26. The zero-order chi connectivity index (χ0) is 15.7. The molecule has 110 valence electrons. The second kappa shape index (κ2) is 6.06. The molecule has 0 amide bonds. The summed E-state index contributed by atoms with van der Waals surface area (Å²) in [4.78, 5) is 16.1. The summed E-state index contributed by atoms with van der Waals surface area (Å²) in [5.41, 5.74) is 1.32. The van der Waals surface area contributed by atoms with E-state index in [9.17, 15) is 9.90 Å². The fraction of sp³-hybridized carbons (Fsp3) is 0. The Labute approximate surface area is 143 Å². The van der Waals surface area contributed by atoms with E-state index in [2.05, 4.69) is 36.9 Å². The van der Waals surface area contributed by atoms with Gasteiger partial charge in [-0.25, -0.2) is 9.79 Å². The summed E-state index contributed by atoms with van der Waals surface area (Å²) in [6, 6.07) is 12.6. The lowest BCUT2D eigenvalue weighted by Gasteiger charge is -2.03. The predicted molar refractivity (Wildman–Crippen MR) is 90.6 cm³/mol. The van der Waals surface area contributed by atoms with Crippen LogP contribution in [0.1, 0.15) is 11.1 Å². The van der Waals surface area contributed by atoms with Crippen molar-refractivity contribution in [3.05, 3.63) is 68.2 Å². The molecule has 0 spiro atoms. The second-order valence-corrected chi connectivity index (χ2v) is 6.30. The molecule has 2 aromatic carbocycles. The number of rotatable bonds is 2. The van der Waals surface area contributed by atoms with E-state index in [0.717, 1.165) is 10.0 Å². The molecule has 1 aliphatic heterocycles. The number of aromatic hydroxyl groups is 1. The Hall–Kier alpha value is -1.92. The van der Waals surface area contributed by atoms with Gasteiger partial charge >= 0.3 is 5.97 Å². The fourth-order valence-electron chi connectivity index (χ4n) is 1.96. The van der Waals surface area contributed by atoms with Crippen molar-refractivity contribution in [2.75, 3.05) is 0 Å². The van der Waals surface area contributed by atoms with Crippen molar-refractivity contribution in [1.29, 1.82) is 0 Å². The Bertz CT molecular complexity index is 814. The van der Waals surface area contributed by atoms with Gasteiger partial charge in [0.05, 0.1) is 4.47 Å². The number of carbonyl (C=O) groups is 1. The van der Waals surface area contributed by atoms with Crippen LogP contribution in [0.2, 0.25) is 0 Å². The van der Waals surface area contributed by atoms with Crippen LogP contribution in [-0.4, -0.2) is 17.0 Å². The highest BCUT2D eigenvalue weighted by atomic mass is 79.9. The van der Waals surface area contributed by atoms with E-state index in [-0.39, 0.29) is 17.3 Å². The number of phenolic OH excluding ortho intramolecular Hbond substituents is 1. The first kappa shape index (κ1) is 15.0. The summed E-state index contributed by atoms with van der Waals surface area (Å²) in [5.74, 6) is -0.258. The number of ether oxygens (including phenoxy) is 1. The molecule has 0 radical (unpaired) electrons. The van der Waals surface area contributed by atoms with Gasteiger partial charge < -0.3 is 9.84 Å². The molecule has 6 heteroatoms. The van der Waals surface area contributed by atoms with Crippen LogP contribution in [0, 0.1) is 0 Å². The van der Waals surface area contributed by atoms with E-state index in [1.54, 1.807) is 12.1 Å². The third-order valence-corrected chi connectivity index (χ3v) is 4.05. The van der Waals surface area contributed by atoms with Crippen molar-refractivity contribution in [3.63, 3.8) is 0 Å². The molecular formula is C16H9Br2NO3. The summed E-state index contributed by atoms with van der Waals surface area (Å²) >= 11 is 6.59. The maximum absolute atomic E-state index is 11.9. The molecule has 1 N–H and O–H groups in total. The minimum Gasteiger partial charge on any atom is -0.506 e. The number of esters is 1. The first-order chi connectivity index (χ1) is 10.5. The maximum Gasteiger partial charge on any atom is 0.363 e. The average molecular weight is 423 g/mol. The number of phenols is 1. The van der Waals surface area contributed by atoms with Gasteiger partial charge in [0.1, 0.15) is 5.75 Å². The zero-order valence-corrected chi connectivity index (χ0v) is 14.3. The van der Waals surface area contributed by atoms with Gasteiger partial charge in [-0.2, -0.15) is 0 Å². The largest absolute Gasteiger partial charge is 0.506 e. The van der Waals surface area contributed by atoms with E-state index in [1.165, 1.54) is 6.08 Å². The molecule has 2 aromatic rings. The molecule has 0 saturated carbocycles. The van der Waals surface area contributed by atoms with Crippen LogP contribution >= 0.6 is 31.9 Å². The van der Waals surface area contributed by atoms with Gasteiger partial charge in [0.15, 0.2) is 5.70 Å². The van der Waals surface area contributed by atoms with Crippen molar-refractivity contribution in [1.82, 2.24) is 0 Å². The lowest BCUT2D eigenvalue weighted by molar-refractivity contribution is -0.129. The molecule has 0 atom stereocenters. The fourth-order valence-corrected chi connectivity index (χ4v) is 3.21. The number of cyclic esters (lactones) is 1. The molecule has 0 aromatic heterocycles. The monoisotopic (exact) mass is 421 g/mol. The number of hydrogen-bond donors (Lipinski definition) is 1. The summed E-state index contributed by atoms with van der Waals surface area (Å²) in [6.45, 7) is 0. The molecule has 0 unspecified atom stereocenters. The summed E-state index contributed by atoms with van der Waals surface area (Å²) in [7, 11) is 0. The smallest absolute Gasteiger partial charge is 0.363 e. The number of aliphatic imine (C=N–C) groups is 1. The molecule has 1 heterocycles. The van der Waals surface area contributed by atoms with E-state index in [0.29, 0.717) is 10.0 Å². The quantitative estimate of drug-likeness (QED) is 0.581. The molecule has 3 rings (SSSR count). The number of carbonyl (C=O) groups excluding carboxylic acids is 1. The van der Waals surface area contributed by atoms with E-state index in [4.69, 9.17) is 4.74 Å². The number of nitrogens with zero attached hydrogens (tertiary/aromatic N) is 1. The normalized spacial score (nSPS) is 15.8. The summed E-state index contributed by atoms with van der Waals surface area (Å²) < 4.78 is 6.46. The highest BCUT2D eigenvalue weighted by Crippen LogP contribution is 2.33. The molecule has 0 bridgehead atoms. The van der Waals surface area contributed by atoms with Gasteiger partial charge in [0.2, 0.25) is 5.90 Å². The van der Waals surface area contributed by atoms with Crippen LogP contribution in [-0.2, 0) is 9.53 Å². The maximum atomic E-state index is 11.9. The number of hydrogen-bond acceptors (Lipinski definition) is 4. The van der Waals surface area contributed by atoms with Crippen LogP contribution in [0.3, 0.4) is 0 Å². The Morgan fingerprint density at radius 2 is 1.86 bits per heavy atom. The number of halogens is 2. The minimum atomic E-state index is -0.547. The third kappa shape index (κ3) is 2.98. The second-order valence-electron chi connectivity index (χ2n) is 4.53. The molecular weight excluding hydrogens is 414 g/mol. The molecule has 0 fully saturated rings. The topological polar surface area (TPSA) is 58.9 Å². The van der Waals surface area contributed by atoms with Crippen LogP contribution in [0.15, 0.2) is 62.1 Å². The molecule has 0 aliphatic carbocycles. The van der Waals surface area contributed by atoms with Gasteiger partial charge in [0.25, 0.3) is 0 Å². The highest BCUT2D eigenvalue weighted by Gasteiger charge is 2.24. The molecule has 22 heavy (non-hydrogen) atoms. The third-order valence-electron chi connectivity index (χ3n) is 2.99. The molecule has 1 aliphatic rings. The summed E-state index contributed by atoms with van der Waals surface area (Å²) in [5, 5.41) is 10.0. The Morgan fingerprint density at radius 3 is 2.59 bits per heavy atom. The SMILES string of the molecule is O=C1OC(c2ccccc2)=N/C1=C/c1cc(Br)cc(Br)c1O. The summed E-state index contributed by atoms with van der Waals surface area (Å²) in [6.07, 6.45) is 1.49. The minimum absolute atomic E-state index is 0.0341. The lowest BCUT2D eigenvalue weighted by Crippen LogP contribution is -2.04. The van der Waals surface area contributed by atoms with Crippen LogP contribution in [0.5, 0.6) is 5.75 Å². The Balaban J connectivity index is 2.02. The van der Waals surface area contributed by atoms with Crippen LogP contribution in [0.4, 0.5) is 0 Å². The average Bonchev–Trinajstić information content (AvgIpc) is 2.86.